The molecule has 2 aromatic carbocycles. The minimum Gasteiger partial charge on any atom is -0.457 e. The molecule has 168 valence electrons. The topological polar surface area (TPSA) is 94.1 Å². The maximum Gasteiger partial charge on any atom is 0.164 e. The van der Waals surface area contributed by atoms with Crippen molar-refractivity contribution in [3.63, 3.8) is 0 Å². The molecule has 0 unspecified atom stereocenters. The Kier molecular flexibility index (Phi) is 5.16. The fraction of sp³-hybridized carbons (Fsp3) is 0.320. The number of ether oxygens (including phenoxy) is 1. The summed E-state index contributed by atoms with van der Waals surface area (Å²) in [6.07, 6.45) is 3.65. The third-order valence-corrected chi connectivity index (χ3v) is 6.75. The van der Waals surface area contributed by atoms with E-state index in [9.17, 15) is 0 Å². The summed E-state index contributed by atoms with van der Waals surface area (Å²) in [6, 6.07) is 18.7. The molecule has 2 aliphatic rings. The molecule has 0 bridgehead atoms. The number of fused-ring (bicyclic) bond motifs is 1. The Morgan fingerprint density at radius 3 is 2.30 bits per heavy atom. The smallest absolute Gasteiger partial charge is 0.164 e. The summed E-state index contributed by atoms with van der Waals surface area (Å²) in [5, 5.41) is 9.22. The molecule has 4 aromatic rings. The number of para-hydroxylation sites is 1. The normalized spacial score (nSPS) is 17.8. The number of nitrogens with zero attached hydrogens (tertiary/aromatic N) is 5. The molecule has 0 aliphatic carbocycles. The van der Waals surface area contributed by atoms with Gasteiger partial charge in [-0.3, -0.25) is 4.90 Å². The summed E-state index contributed by atoms with van der Waals surface area (Å²) >= 11 is 0. The highest BCUT2D eigenvalue weighted by atomic mass is 16.5. The predicted octanol–water partition coefficient (Wildman–Crippen LogP) is 3.48. The van der Waals surface area contributed by atoms with Gasteiger partial charge in [-0.15, -0.1) is 0 Å². The van der Waals surface area contributed by atoms with Gasteiger partial charge in [0.1, 0.15) is 29.3 Å². The van der Waals surface area contributed by atoms with Crippen molar-refractivity contribution >= 4 is 16.9 Å². The maximum atomic E-state index is 6.31. The lowest BCUT2D eigenvalue weighted by Gasteiger charge is -2.42. The van der Waals surface area contributed by atoms with Gasteiger partial charge in [0, 0.05) is 37.8 Å². The quantitative estimate of drug-likeness (QED) is 0.490. The van der Waals surface area contributed by atoms with E-state index in [0.29, 0.717) is 17.9 Å². The van der Waals surface area contributed by atoms with Crippen molar-refractivity contribution in [3.05, 3.63) is 60.9 Å². The van der Waals surface area contributed by atoms with Crippen molar-refractivity contribution in [2.24, 2.45) is 0 Å². The number of hydrogen-bond donors (Lipinski definition) is 2. The number of nitrogen functional groups attached to an aromatic ring is 1. The lowest BCUT2D eigenvalue weighted by atomic mass is 10.0. The van der Waals surface area contributed by atoms with Crippen LogP contribution in [0.2, 0.25) is 0 Å². The third kappa shape index (κ3) is 3.81. The Balaban J connectivity index is 1.29. The first-order valence-corrected chi connectivity index (χ1v) is 11.5. The van der Waals surface area contributed by atoms with Crippen LogP contribution in [0.4, 0.5) is 5.82 Å². The van der Waals surface area contributed by atoms with Crippen LogP contribution in [0.5, 0.6) is 11.5 Å². The Morgan fingerprint density at radius 1 is 0.879 bits per heavy atom. The molecule has 33 heavy (non-hydrogen) atoms. The number of nitrogens with two attached hydrogens (primary N) is 1. The van der Waals surface area contributed by atoms with E-state index >= 15 is 0 Å². The molecule has 0 atom stereocenters. The van der Waals surface area contributed by atoms with Crippen LogP contribution in [0.3, 0.4) is 0 Å². The first kappa shape index (κ1) is 20.1. The number of likely N-dealkylation sites (tertiary alicyclic amines) is 1. The summed E-state index contributed by atoms with van der Waals surface area (Å²) in [4.78, 5) is 11.4. The lowest BCUT2D eigenvalue weighted by molar-refractivity contribution is 0.0990. The van der Waals surface area contributed by atoms with E-state index in [1.807, 2.05) is 54.6 Å². The summed E-state index contributed by atoms with van der Waals surface area (Å²) in [6.45, 7) is 4.38. The van der Waals surface area contributed by atoms with Crippen LogP contribution >= 0.6 is 0 Å². The number of benzene rings is 2. The number of aromatic nitrogens is 4. The van der Waals surface area contributed by atoms with Gasteiger partial charge in [0.15, 0.2) is 5.65 Å². The van der Waals surface area contributed by atoms with E-state index < -0.39 is 0 Å². The van der Waals surface area contributed by atoms with E-state index in [-0.39, 0.29) is 0 Å². The van der Waals surface area contributed by atoms with Crippen molar-refractivity contribution in [3.8, 4) is 22.8 Å². The van der Waals surface area contributed by atoms with Crippen LogP contribution in [0.15, 0.2) is 60.9 Å². The molecule has 2 aromatic heterocycles. The van der Waals surface area contributed by atoms with Gasteiger partial charge < -0.3 is 15.8 Å². The summed E-state index contributed by atoms with van der Waals surface area (Å²) in [5.41, 5.74) is 8.91. The maximum absolute atomic E-state index is 6.31. The van der Waals surface area contributed by atoms with E-state index in [0.717, 1.165) is 72.8 Å². The monoisotopic (exact) mass is 441 g/mol. The zero-order valence-corrected chi connectivity index (χ0v) is 18.4. The predicted molar refractivity (Wildman–Crippen MR) is 128 cm³/mol. The van der Waals surface area contributed by atoms with Gasteiger partial charge in [0.25, 0.3) is 0 Å². The van der Waals surface area contributed by atoms with Crippen LogP contribution in [0, 0.1) is 0 Å². The number of anilines is 1. The lowest BCUT2D eigenvalue weighted by Crippen LogP contribution is -2.58. The van der Waals surface area contributed by atoms with Crippen molar-refractivity contribution in [1.82, 2.24) is 30.0 Å². The zero-order valence-electron chi connectivity index (χ0n) is 18.4. The SMILES string of the molecule is Nc1ncnc2c1c(-c1ccc(Oc3ccccc3)cc1)nn2C1CCN(C2CNC2)CC1. The Morgan fingerprint density at radius 2 is 1.61 bits per heavy atom. The van der Waals surface area contributed by atoms with Crippen LogP contribution in [-0.2, 0) is 0 Å². The number of nitrogens with one attached hydrogen (secondary N) is 1. The van der Waals surface area contributed by atoms with E-state index in [4.69, 9.17) is 15.6 Å². The van der Waals surface area contributed by atoms with E-state index in [1.165, 1.54) is 6.33 Å². The molecule has 0 radical (unpaired) electrons. The molecule has 0 amide bonds. The van der Waals surface area contributed by atoms with Crippen LogP contribution in [0.1, 0.15) is 18.9 Å². The Bertz CT molecular complexity index is 1240. The standard InChI is InChI=1S/C25H27N7O/c26-24-22-23(17-6-8-21(9-7-17)33-20-4-2-1-3-5-20)30-32(25(22)29-16-28-24)18-10-12-31(13-11-18)19-14-27-15-19/h1-9,16,18-19,27H,10-15H2,(H2,26,28,29). The van der Waals surface area contributed by atoms with Gasteiger partial charge in [-0.1, -0.05) is 18.2 Å². The molecular weight excluding hydrogens is 414 g/mol. The van der Waals surface area contributed by atoms with Gasteiger partial charge in [-0.25, -0.2) is 14.6 Å². The molecule has 8 heteroatoms. The van der Waals surface area contributed by atoms with Crippen molar-refractivity contribution in [1.29, 1.82) is 0 Å². The van der Waals surface area contributed by atoms with Crippen LogP contribution in [-0.4, -0.2) is 56.9 Å². The van der Waals surface area contributed by atoms with Gasteiger partial charge in [0.05, 0.1) is 11.4 Å². The fourth-order valence-corrected chi connectivity index (χ4v) is 4.78. The van der Waals surface area contributed by atoms with Gasteiger partial charge in [-0.05, 0) is 49.2 Å². The molecule has 0 saturated carbocycles. The Labute approximate surface area is 192 Å². The Hall–Kier alpha value is -3.49. The van der Waals surface area contributed by atoms with Crippen LogP contribution in [0.25, 0.3) is 22.3 Å². The second-order valence-corrected chi connectivity index (χ2v) is 8.77. The van der Waals surface area contributed by atoms with Gasteiger partial charge >= 0.3 is 0 Å². The van der Waals surface area contributed by atoms with Crippen molar-refractivity contribution in [2.45, 2.75) is 24.9 Å². The summed E-state index contributed by atoms with van der Waals surface area (Å²) in [7, 11) is 0. The highest BCUT2D eigenvalue weighted by Gasteiger charge is 2.31. The second kappa shape index (κ2) is 8.46. The summed E-state index contributed by atoms with van der Waals surface area (Å²) in [5.74, 6) is 2.04. The number of piperidine rings is 1. The highest BCUT2D eigenvalue weighted by Crippen LogP contribution is 2.35. The molecule has 2 fully saturated rings. The molecule has 0 spiro atoms. The van der Waals surface area contributed by atoms with Gasteiger partial charge in [-0.2, -0.15) is 5.10 Å². The largest absolute Gasteiger partial charge is 0.457 e. The fourth-order valence-electron chi connectivity index (χ4n) is 4.78. The van der Waals surface area contributed by atoms with Gasteiger partial charge in [0.2, 0.25) is 0 Å². The van der Waals surface area contributed by atoms with Crippen LogP contribution < -0.4 is 15.8 Å². The first-order chi connectivity index (χ1) is 16.3. The molecular formula is C25H27N7O. The molecule has 2 aliphatic heterocycles. The molecule has 3 N–H and O–H groups in total. The highest BCUT2D eigenvalue weighted by molar-refractivity contribution is 5.98. The number of hydrogen-bond acceptors (Lipinski definition) is 7. The molecule has 8 nitrogen and oxygen atoms in total. The average Bonchev–Trinajstić information content (AvgIpc) is 3.21. The molecule has 6 rings (SSSR count). The first-order valence-electron chi connectivity index (χ1n) is 11.5. The molecule has 4 heterocycles. The number of rotatable bonds is 5. The average molecular weight is 442 g/mol. The second-order valence-electron chi connectivity index (χ2n) is 8.77. The minimum atomic E-state index is 0.306. The third-order valence-electron chi connectivity index (χ3n) is 6.75. The van der Waals surface area contributed by atoms with E-state index in [1.54, 1.807) is 0 Å². The van der Waals surface area contributed by atoms with E-state index in [2.05, 4.69) is 24.9 Å². The zero-order chi connectivity index (χ0) is 22.2. The molecule has 2 saturated heterocycles. The van der Waals surface area contributed by atoms with Crippen molar-refractivity contribution < 1.29 is 4.74 Å². The van der Waals surface area contributed by atoms with Crippen molar-refractivity contribution in [2.75, 3.05) is 31.9 Å². The summed E-state index contributed by atoms with van der Waals surface area (Å²) < 4.78 is 8.02. The minimum absolute atomic E-state index is 0.306.